The number of nitrogens with one attached hydrogen (secondary N) is 2. The van der Waals surface area contributed by atoms with Gasteiger partial charge in [0.05, 0.1) is 24.3 Å². The first kappa shape index (κ1) is 12.0. The third kappa shape index (κ3) is 2.16. The second-order valence-corrected chi connectivity index (χ2v) is 5.09. The fourth-order valence-electron chi connectivity index (χ4n) is 2.48. The molecule has 0 saturated heterocycles. The number of hydrogen-bond donors (Lipinski definition) is 3. The van der Waals surface area contributed by atoms with Crippen LogP contribution >= 0.6 is 0 Å². The number of rotatable bonds is 2. The molecule has 102 valence electrons. The standard InChI is InChI=1S/C12H16N4O3/c17-11(18)10-4-8-9(14-6-13-8)5-16(10)12(19)15-7-2-1-3-7/h6-7,10H,1-5H2,(H,13,14)(H,15,19)(H,17,18). The number of urea groups is 1. The molecule has 7 heteroatoms. The van der Waals surface area contributed by atoms with Gasteiger partial charge >= 0.3 is 12.0 Å². The van der Waals surface area contributed by atoms with Crippen molar-refractivity contribution in [3.8, 4) is 0 Å². The van der Waals surface area contributed by atoms with E-state index in [1.807, 2.05) is 0 Å². The average Bonchev–Trinajstić information content (AvgIpc) is 2.78. The quantitative estimate of drug-likeness (QED) is 0.723. The Kier molecular flexibility index (Phi) is 2.88. The van der Waals surface area contributed by atoms with Crippen molar-refractivity contribution in [2.75, 3.05) is 0 Å². The monoisotopic (exact) mass is 264 g/mol. The highest BCUT2D eigenvalue weighted by Crippen LogP contribution is 2.23. The van der Waals surface area contributed by atoms with Crippen LogP contribution in [0, 0.1) is 0 Å². The number of hydrogen-bond acceptors (Lipinski definition) is 3. The number of imidazole rings is 1. The average molecular weight is 264 g/mol. The fourth-order valence-corrected chi connectivity index (χ4v) is 2.48. The number of nitrogens with zero attached hydrogens (tertiary/aromatic N) is 2. The minimum atomic E-state index is -0.989. The maximum Gasteiger partial charge on any atom is 0.326 e. The van der Waals surface area contributed by atoms with E-state index >= 15 is 0 Å². The molecule has 0 spiro atoms. The lowest BCUT2D eigenvalue weighted by atomic mass is 9.93. The summed E-state index contributed by atoms with van der Waals surface area (Å²) in [5.41, 5.74) is 1.56. The van der Waals surface area contributed by atoms with Gasteiger partial charge in [-0.3, -0.25) is 0 Å². The van der Waals surface area contributed by atoms with E-state index in [1.54, 1.807) is 0 Å². The molecule has 1 aliphatic heterocycles. The number of carbonyl (C=O) groups is 2. The maximum atomic E-state index is 12.2. The molecular formula is C12H16N4O3. The molecule has 1 aromatic heterocycles. The van der Waals surface area contributed by atoms with E-state index in [1.165, 1.54) is 11.2 Å². The highest BCUT2D eigenvalue weighted by atomic mass is 16.4. The van der Waals surface area contributed by atoms with Gasteiger partial charge in [0.15, 0.2) is 0 Å². The number of carboxylic acid groups (broad SMARTS) is 1. The molecule has 0 aromatic carbocycles. The molecular weight excluding hydrogens is 248 g/mol. The predicted octanol–water partition coefficient (Wildman–Crippen LogP) is 0.483. The summed E-state index contributed by atoms with van der Waals surface area (Å²) in [6, 6.07) is -0.932. The molecule has 2 heterocycles. The first-order valence-electron chi connectivity index (χ1n) is 6.46. The summed E-state index contributed by atoms with van der Waals surface area (Å²) in [6.45, 7) is 0.269. The summed E-state index contributed by atoms with van der Waals surface area (Å²) < 4.78 is 0. The van der Waals surface area contributed by atoms with Crippen LogP contribution in [-0.2, 0) is 17.8 Å². The van der Waals surface area contributed by atoms with E-state index in [0.717, 1.165) is 30.7 Å². The predicted molar refractivity (Wildman–Crippen MR) is 65.4 cm³/mol. The lowest BCUT2D eigenvalue weighted by Gasteiger charge is -2.35. The molecule has 0 bridgehead atoms. The van der Waals surface area contributed by atoms with Gasteiger partial charge < -0.3 is 20.3 Å². The van der Waals surface area contributed by atoms with Gasteiger partial charge in [-0.15, -0.1) is 0 Å². The Bertz CT molecular complexity index is 509. The molecule has 2 aliphatic rings. The molecule has 1 unspecified atom stereocenters. The van der Waals surface area contributed by atoms with Gasteiger partial charge in [-0.05, 0) is 19.3 Å². The van der Waals surface area contributed by atoms with Gasteiger partial charge in [0.25, 0.3) is 0 Å². The Hall–Kier alpha value is -2.05. The first-order chi connectivity index (χ1) is 9.15. The second-order valence-electron chi connectivity index (χ2n) is 5.09. The fraction of sp³-hybridized carbons (Fsp3) is 0.583. The molecule has 3 rings (SSSR count). The van der Waals surface area contributed by atoms with Crippen molar-refractivity contribution in [1.29, 1.82) is 0 Å². The Labute approximate surface area is 110 Å². The zero-order valence-corrected chi connectivity index (χ0v) is 10.4. The van der Waals surface area contributed by atoms with Crippen LogP contribution in [0.15, 0.2) is 6.33 Å². The molecule has 1 aromatic rings. The van der Waals surface area contributed by atoms with Crippen LogP contribution in [0.5, 0.6) is 0 Å². The third-order valence-electron chi connectivity index (χ3n) is 3.88. The smallest absolute Gasteiger partial charge is 0.326 e. The zero-order valence-electron chi connectivity index (χ0n) is 10.4. The normalized spacial score (nSPS) is 22.5. The topological polar surface area (TPSA) is 98.3 Å². The molecule has 7 nitrogen and oxygen atoms in total. The van der Waals surface area contributed by atoms with Crippen LogP contribution in [0.1, 0.15) is 30.7 Å². The summed E-state index contributed by atoms with van der Waals surface area (Å²) in [6.07, 6.45) is 4.88. The van der Waals surface area contributed by atoms with Crippen molar-refractivity contribution in [1.82, 2.24) is 20.2 Å². The highest BCUT2D eigenvalue weighted by molar-refractivity contribution is 5.83. The molecule has 1 saturated carbocycles. The molecule has 1 atom stereocenters. The Morgan fingerprint density at radius 1 is 1.47 bits per heavy atom. The van der Waals surface area contributed by atoms with Crippen LogP contribution in [0.25, 0.3) is 0 Å². The number of aromatic amines is 1. The van der Waals surface area contributed by atoms with Crippen LogP contribution in [0.4, 0.5) is 4.79 Å². The number of carboxylic acids is 1. The molecule has 19 heavy (non-hydrogen) atoms. The van der Waals surface area contributed by atoms with E-state index in [-0.39, 0.29) is 25.0 Å². The minimum absolute atomic E-state index is 0.199. The molecule has 2 amide bonds. The van der Waals surface area contributed by atoms with Crippen molar-refractivity contribution in [3.05, 3.63) is 17.7 Å². The Morgan fingerprint density at radius 3 is 2.89 bits per heavy atom. The SMILES string of the molecule is O=C(O)C1Cc2nc[nH]c2CN1C(=O)NC1CCC1. The number of fused-ring (bicyclic) bond motifs is 1. The summed E-state index contributed by atoms with van der Waals surface area (Å²) in [5.74, 6) is -0.989. The van der Waals surface area contributed by atoms with Crippen molar-refractivity contribution < 1.29 is 14.7 Å². The largest absolute Gasteiger partial charge is 0.480 e. The van der Waals surface area contributed by atoms with E-state index in [0.29, 0.717) is 0 Å². The molecule has 1 aliphatic carbocycles. The summed E-state index contributed by atoms with van der Waals surface area (Å²) in [7, 11) is 0. The summed E-state index contributed by atoms with van der Waals surface area (Å²) in [4.78, 5) is 31.9. The van der Waals surface area contributed by atoms with Crippen LogP contribution in [-0.4, -0.2) is 44.1 Å². The number of aromatic nitrogens is 2. The van der Waals surface area contributed by atoms with Gasteiger partial charge in [-0.1, -0.05) is 0 Å². The number of amides is 2. The van der Waals surface area contributed by atoms with Crippen molar-refractivity contribution in [2.45, 2.75) is 44.3 Å². The highest BCUT2D eigenvalue weighted by Gasteiger charge is 2.36. The van der Waals surface area contributed by atoms with Crippen LogP contribution in [0.2, 0.25) is 0 Å². The number of H-pyrrole nitrogens is 1. The van der Waals surface area contributed by atoms with Crippen LogP contribution < -0.4 is 5.32 Å². The van der Waals surface area contributed by atoms with Gasteiger partial charge in [0, 0.05) is 12.5 Å². The number of carbonyl (C=O) groups excluding carboxylic acids is 1. The Balaban J connectivity index is 1.77. The maximum absolute atomic E-state index is 12.2. The van der Waals surface area contributed by atoms with E-state index in [4.69, 9.17) is 0 Å². The zero-order chi connectivity index (χ0) is 13.4. The van der Waals surface area contributed by atoms with E-state index < -0.39 is 12.0 Å². The van der Waals surface area contributed by atoms with Gasteiger partial charge in [-0.25, -0.2) is 14.6 Å². The molecule has 3 N–H and O–H groups in total. The van der Waals surface area contributed by atoms with Gasteiger partial charge in [-0.2, -0.15) is 0 Å². The van der Waals surface area contributed by atoms with Crippen molar-refractivity contribution in [3.63, 3.8) is 0 Å². The molecule has 1 fully saturated rings. The van der Waals surface area contributed by atoms with Crippen molar-refractivity contribution in [2.24, 2.45) is 0 Å². The first-order valence-corrected chi connectivity index (χ1v) is 6.46. The number of aliphatic carboxylic acids is 1. The minimum Gasteiger partial charge on any atom is -0.480 e. The van der Waals surface area contributed by atoms with Crippen molar-refractivity contribution >= 4 is 12.0 Å². The van der Waals surface area contributed by atoms with Gasteiger partial charge in [0.2, 0.25) is 0 Å². The Morgan fingerprint density at radius 2 is 2.26 bits per heavy atom. The summed E-state index contributed by atoms with van der Waals surface area (Å²) >= 11 is 0. The van der Waals surface area contributed by atoms with Crippen LogP contribution in [0.3, 0.4) is 0 Å². The van der Waals surface area contributed by atoms with Gasteiger partial charge in [0.1, 0.15) is 6.04 Å². The molecule has 0 radical (unpaired) electrons. The third-order valence-corrected chi connectivity index (χ3v) is 3.88. The second kappa shape index (κ2) is 4.56. The lowest BCUT2D eigenvalue weighted by molar-refractivity contribution is -0.142. The lowest BCUT2D eigenvalue weighted by Crippen LogP contribution is -2.55. The van der Waals surface area contributed by atoms with E-state index in [2.05, 4.69) is 15.3 Å². The van der Waals surface area contributed by atoms with E-state index in [9.17, 15) is 14.7 Å². The summed E-state index contributed by atoms with van der Waals surface area (Å²) in [5, 5.41) is 12.1.